The molecule has 4 heteroatoms. The molecule has 1 atom stereocenters. The molecule has 0 saturated carbocycles. The van der Waals surface area contributed by atoms with Crippen LogP contribution >= 0.6 is 15.9 Å². The van der Waals surface area contributed by atoms with Gasteiger partial charge in [-0.3, -0.25) is 4.79 Å². The van der Waals surface area contributed by atoms with E-state index < -0.39 is 0 Å². The summed E-state index contributed by atoms with van der Waals surface area (Å²) in [4.78, 5) is 14.0. The van der Waals surface area contributed by atoms with Crippen LogP contribution in [0.3, 0.4) is 0 Å². The highest BCUT2D eigenvalue weighted by Gasteiger charge is 2.24. The average molecular weight is 297 g/mol. The Morgan fingerprint density at radius 3 is 2.71 bits per heavy atom. The summed E-state index contributed by atoms with van der Waals surface area (Å²) in [6.45, 7) is 2.37. The number of hydrogen-bond donors (Lipinski definition) is 1. The predicted octanol–water partition coefficient (Wildman–Crippen LogP) is 1.80. The first kappa shape index (κ1) is 12.6. The molecule has 1 amide bonds. The van der Waals surface area contributed by atoms with Gasteiger partial charge in [-0.15, -0.1) is 0 Å². The highest BCUT2D eigenvalue weighted by atomic mass is 79.9. The van der Waals surface area contributed by atoms with Crippen molar-refractivity contribution in [1.82, 2.24) is 4.90 Å². The van der Waals surface area contributed by atoms with Crippen LogP contribution < -0.4 is 5.73 Å². The first-order chi connectivity index (χ1) is 8.19. The summed E-state index contributed by atoms with van der Waals surface area (Å²) in [7, 11) is 0. The smallest absolute Gasteiger partial charge is 0.226 e. The quantitative estimate of drug-likeness (QED) is 0.924. The molecule has 0 unspecified atom stereocenters. The molecular formula is C13H17BrN2O. The molecule has 0 aromatic heterocycles. The van der Waals surface area contributed by atoms with E-state index in [1.165, 1.54) is 0 Å². The van der Waals surface area contributed by atoms with Crippen LogP contribution in [0.4, 0.5) is 0 Å². The lowest BCUT2D eigenvalue weighted by atomic mass is 10.1. The molecule has 0 aliphatic carbocycles. The molecular weight excluding hydrogens is 280 g/mol. The van der Waals surface area contributed by atoms with Gasteiger partial charge < -0.3 is 10.6 Å². The number of nitrogens with zero attached hydrogens (tertiary/aromatic N) is 1. The van der Waals surface area contributed by atoms with Crippen molar-refractivity contribution in [2.45, 2.75) is 12.8 Å². The van der Waals surface area contributed by atoms with Crippen molar-refractivity contribution in [3.8, 4) is 0 Å². The molecule has 0 bridgehead atoms. The van der Waals surface area contributed by atoms with E-state index in [2.05, 4.69) is 15.9 Å². The zero-order chi connectivity index (χ0) is 12.3. The molecule has 0 spiro atoms. The lowest BCUT2D eigenvalue weighted by molar-refractivity contribution is -0.129. The van der Waals surface area contributed by atoms with E-state index in [4.69, 9.17) is 5.73 Å². The van der Waals surface area contributed by atoms with Gasteiger partial charge in [0.2, 0.25) is 5.91 Å². The van der Waals surface area contributed by atoms with Gasteiger partial charge in [0.1, 0.15) is 0 Å². The van der Waals surface area contributed by atoms with Crippen LogP contribution in [0.15, 0.2) is 28.7 Å². The van der Waals surface area contributed by atoms with Crippen molar-refractivity contribution in [3.63, 3.8) is 0 Å². The van der Waals surface area contributed by atoms with Crippen LogP contribution in [0, 0.1) is 5.92 Å². The van der Waals surface area contributed by atoms with Gasteiger partial charge in [0, 0.05) is 17.6 Å². The Kier molecular flexibility index (Phi) is 4.18. The topological polar surface area (TPSA) is 46.3 Å². The van der Waals surface area contributed by atoms with Crippen LogP contribution in [0.1, 0.15) is 12.0 Å². The van der Waals surface area contributed by atoms with Gasteiger partial charge in [-0.25, -0.2) is 0 Å². The Balaban J connectivity index is 1.91. The van der Waals surface area contributed by atoms with Gasteiger partial charge in [0.15, 0.2) is 0 Å². The number of carbonyl (C=O) groups is 1. The van der Waals surface area contributed by atoms with E-state index in [9.17, 15) is 4.79 Å². The Labute approximate surface area is 110 Å². The first-order valence-electron chi connectivity index (χ1n) is 5.91. The highest BCUT2D eigenvalue weighted by molar-refractivity contribution is 9.10. The van der Waals surface area contributed by atoms with E-state index in [-0.39, 0.29) is 5.91 Å². The number of hydrogen-bond acceptors (Lipinski definition) is 2. The number of likely N-dealkylation sites (tertiary alicyclic amines) is 1. The van der Waals surface area contributed by atoms with E-state index in [0.717, 1.165) is 29.5 Å². The standard InChI is InChI=1S/C13H17BrN2O/c14-12-3-1-10(2-4-12)7-13(17)16-6-5-11(8-15)9-16/h1-4,11H,5-9,15H2/t11-/m1/s1. The van der Waals surface area contributed by atoms with Crippen molar-refractivity contribution in [3.05, 3.63) is 34.3 Å². The molecule has 1 aromatic carbocycles. The molecule has 1 saturated heterocycles. The maximum atomic E-state index is 12.0. The van der Waals surface area contributed by atoms with Crippen LogP contribution in [0.25, 0.3) is 0 Å². The maximum Gasteiger partial charge on any atom is 0.226 e. The van der Waals surface area contributed by atoms with Crippen LogP contribution in [-0.2, 0) is 11.2 Å². The molecule has 1 aliphatic rings. The fourth-order valence-corrected chi connectivity index (χ4v) is 2.40. The van der Waals surface area contributed by atoms with E-state index in [1.54, 1.807) is 0 Å². The van der Waals surface area contributed by atoms with Crippen molar-refractivity contribution < 1.29 is 4.79 Å². The molecule has 1 aromatic rings. The number of carbonyl (C=O) groups excluding carboxylic acids is 1. The first-order valence-corrected chi connectivity index (χ1v) is 6.70. The Hall–Kier alpha value is -0.870. The SMILES string of the molecule is NC[C@H]1CCN(C(=O)Cc2ccc(Br)cc2)C1. The predicted molar refractivity (Wildman–Crippen MR) is 71.6 cm³/mol. The minimum absolute atomic E-state index is 0.211. The van der Waals surface area contributed by atoms with Gasteiger partial charge in [-0.2, -0.15) is 0 Å². The van der Waals surface area contributed by atoms with Gasteiger partial charge >= 0.3 is 0 Å². The van der Waals surface area contributed by atoms with Crippen molar-refractivity contribution in [2.24, 2.45) is 11.7 Å². The van der Waals surface area contributed by atoms with Gasteiger partial charge in [0.05, 0.1) is 6.42 Å². The Bertz CT molecular complexity index is 391. The molecule has 0 radical (unpaired) electrons. The minimum atomic E-state index is 0.211. The Morgan fingerprint density at radius 2 is 2.12 bits per heavy atom. The van der Waals surface area contributed by atoms with Crippen molar-refractivity contribution in [1.29, 1.82) is 0 Å². The fraction of sp³-hybridized carbons (Fsp3) is 0.462. The molecule has 1 fully saturated rings. The lowest BCUT2D eigenvalue weighted by Gasteiger charge is -2.16. The number of amides is 1. The molecule has 2 N–H and O–H groups in total. The summed E-state index contributed by atoms with van der Waals surface area (Å²) in [5, 5.41) is 0. The van der Waals surface area contributed by atoms with E-state index >= 15 is 0 Å². The highest BCUT2D eigenvalue weighted by Crippen LogP contribution is 2.17. The van der Waals surface area contributed by atoms with Gasteiger partial charge in [-0.1, -0.05) is 28.1 Å². The molecule has 1 aliphatic heterocycles. The third kappa shape index (κ3) is 3.30. The van der Waals surface area contributed by atoms with Crippen molar-refractivity contribution >= 4 is 21.8 Å². The number of rotatable bonds is 3. The van der Waals surface area contributed by atoms with Crippen molar-refractivity contribution in [2.75, 3.05) is 19.6 Å². The zero-order valence-corrected chi connectivity index (χ0v) is 11.3. The summed E-state index contributed by atoms with van der Waals surface area (Å²) in [5.41, 5.74) is 6.69. The molecule has 3 nitrogen and oxygen atoms in total. The lowest BCUT2D eigenvalue weighted by Crippen LogP contribution is -2.31. The molecule has 1 heterocycles. The van der Waals surface area contributed by atoms with E-state index in [1.807, 2.05) is 29.2 Å². The minimum Gasteiger partial charge on any atom is -0.342 e. The third-order valence-corrected chi connectivity index (χ3v) is 3.77. The van der Waals surface area contributed by atoms with Crippen LogP contribution in [0.2, 0.25) is 0 Å². The van der Waals surface area contributed by atoms with E-state index in [0.29, 0.717) is 18.9 Å². The Morgan fingerprint density at radius 1 is 1.41 bits per heavy atom. The molecule has 92 valence electrons. The maximum absolute atomic E-state index is 12.0. The largest absolute Gasteiger partial charge is 0.342 e. The summed E-state index contributed by atoms with van der Waals surface area (Å²) in [5.74, 6) is 0.701. The third-order valence-electron chi connectivity index (χ3n) is 3.24. The zero-order valence-electron chi connectivity index (χ0n) is 9.73. The van der Waals surface area contributed by atoms with Crippen LogP contribution in [0.5, 0.6) is 0 Å². The normalized spacial score (nSPS) is 19.6. The second kappa shape index (κ2) is 5.65. The second-order valence-corrected chi connectivity index (χ2v) is 5.45. The van der Waals surface area contributed by atoms with Gasteiger partial charge in [-0.05, 0) is 36.6 Å². The average Bonchev–Trinajstić information content (AvgIpc) is 2.81. The van der Waals surface area contributed by atoms with Crippen LogP contribution in [-0.4, -0.2) is 30.4 Å². The second-order valence-electron chi connectivity index (χ2n) is 4.53. The monoisotopic (exact) mass is 296 g/mol. The molecule has 2 rings (SSSR count). The fourth-order valence-electron chi connectivity index (χ4n) is 2.14. The number of nitrogens with two attached hydrogens (primary N) is 1. The summed E-state index contributed by atoms with van der Waals surface area (Å²) in [6.07, 6.45) is 1.53. The van der Waals surface area contributed by atoms with Gasteiger partial charge in [0.25, 0.3) is 0 Å². The summed E-state index contributed by atoms with van der Waals surface area (Å²) < 4.78 is 1.04. The number of benzene rings is 1. The summed E-state index contributed by atoms with van der Waals surface area (Å²) in [6, 6.07) is 7.90. The summed E-state index contributed by atoms with van der Waals surface area (Å²) >= 11 is 3.39. The molecule has 17 heavy (non-hydrogen) atoms. The number of halogens is 1.